The van der Waals surface area contributed by atoms with E-state index in [9.17, 15) is 20.0 Å². The number of carbonyl (C=O) groups is 1. The molecule has 21 heavy (non-hydrogen) atoms. The van der Waals surface area contributed by atoms with Crippen LogP contribution in [0.3, 0.4) is 0 Å². The first kappa shape index (κ1) is 15.2. The molecule has 0 radical (unpaired) electrons. The van der Waals surface area contributed by atoms with Crippen molar-refractivity contribution in [2.45, 2.75) is 31.8 Å². The molecule has 1 aliphatic rings. The zero-order valence-corrected chi connectivity index (χ0v) is 11.9. The van der Waals surface area contributed by atoms with Crippen LogP contribution in [-0.2, 0) is 0 Å². The van der Waals surface area contributed by atoms with Crippen molar-refractivity contribution in [2.24, 2.45) is 5.73 Å². The Labute approximate surface area is 122 Å². The number of nitro benzene ring substituents is 1. The normalized spacial score (nSPS) is 22.7. The van der Waals surface area contributed by atoms with E-state index in [0.717, 1.165) is 6.42 Å². The molecule has 1 heterocycles. The predicted molar refractivity (Wildman–Crippen MR) is 78.3 cm³/mol. The number of rotatable bonds is 3. The van der Waals surface area contributed by atoms with Gasteiger partial charge in [0.05, 0.1) is 10.5 Å². The van der Waals surface area contributed by atoms with E-state index in [1.54, 1.807) is 6.92 Å². The first-order valence-electron chi connectivity index (χ1n) is 6.86. The highest BCUT2D eigenvalue weighted by molar-refractivity contribution is 5.94. The number of anilines is 1. The summed E-state index contributed by atoms with van der Waals surface area (Å²) in [6.45, 7) is 2.86. The number of hydrogen-bond acceptors (Lipinski definition) is 5. The number of primary amides is 1. The molecule has 114 valence electrons. The molecule has 2 rings (SSSR count). The molecule has 3 N–H and O–H groups in total. The maximum atomic E-state index is 11.3. The fraction of sp³-hybridized carbons (Fsp3) is 0.500. The Morgan fingerprint density at radius 2 is 2.14 bits per heavy atom. The Balaban J connectivity index is 2.38. The van der Waals surface area contributed by atoms with Crippen molar-refractivity contribution < 1.29 is 14.8 Å². The summed E-state index contributed by atoms with van der Waals surface area (Å²) in [6, 6.07) is 4.12. The van der Waals surface area contributed by atoms with E-state index in [2.05, 4.69) is 0 Å². The number of hydrogen-bond donors (Lipinski definition) is 2. The van der Waals surface area contributed by atoms with Gasteiger partial charge in [0.1, 0.15) is 5.69 Å². The summed E-state index contributed by atoms with van der Waals surface area (Å²) in [4.78, 5) is 23.8. The molecule has 0 aromatic heterocycles. The second-order valence-corrected chi connectivity index (χ2v) is 5.66. The van der Waals surface area contributed by atoms with Crippen molar-refractivity contribution in [3.63, 3.8) is 0 Å². The standard InChI is InChI=1S/C14H19N3O4/c1-14(19)5-2-7-16(8-6-14)12-9-10(13(15)18)3-4-11(12)17(20)21/h3-4,9,19H,2,5-8H2,1H3,(H2,15,18). The van der Waals surface area contributed by atoms with Gasteiger partial charge in [0, 0.05) is 24.7 Å². The van der Waals surface area contributed by atoms with E-state index in [1.807, 2.05) is 4.90 Å². The lowest BCUT2D eigenvalue weighted by Gasteiger charge is -2.24. The Bertz CT molecular complexity index is 571. The summed E-state index contributed by atoms with van der Waals surface area (Å²) in [6.07, 6.45) is 1.89. The lowest BCUT2D eigenvalue weighted by Crippen LogP contribution is -2.29. The number of benzene rings is 1. The van der Waals surface area contributed by atoms with E-state index in [-0.39, 0.29) is 11.3 Å². The summed E-state index contributed by atoms with van der Waals surface area (Å²) < 4.78 is 0. The second-order valence-electron chi connectivity index (χ2n) is 5.66. The number of nitrogens with zero attached hydrogens (tertiary/aromatic N) is 2. The van der Waals surface area contributed by atoms with Gasteiger partial charge in [0.2, 0.25) is 5.91 Å². The lowest BCUT2D eigenvalue weighted by molar-refractivity contribution is -0.384. The van der Waals surface area contributed by atoms with Crippen molar-refractivity contribution in [1.82, 2.24) is 0 Å². The summed E-state index contributed by atoms with van der Waals surface area (Å²) in [5, 5.41) is 21.3. The van der Waals surface area contributed by atoms with Crippen molar-refractivity contribution in [2.75, 3.05) is 18.0 Å². The third-order valence-corrected chi connectivity index (χ3v) is 3.86. The summed E-state index contributed by atoms with van der Waals surface area (Å²) >= 11 is 0. The topological polar surface area (TPSA) is 110 Å². The Morgan fingerprint density at radius 1 is 1.43 bits per heavy atom. The fourth-order valence-electron chi connectivity index (χ4n) is 2.59. The van der Waals surface area contributed by atoms with Crippen LogP contribution in [0.25, 0.3) is 0 Å². The van der Waals surface area contributed by atoms with Crippen LogP contribution in [0.1, 0.15) is 36.5 Å². The monoisotopic (exact) mass is 293 g/mol. The van der Waals surface area contributed by atoms with Crippen LogP contribution in [0.15, 0.2) is 18.2 Å². The van der Waals surface area contributed by atoms with E-state index < -0.39 is 16.4 Å². The first-order valence-corrected chi connectivity index (χ1v) is 6.86. The Morgan fingerprint density at radius 3 is 2.76 bits per heavy atom. The zero-order chi connectivity index (χ0) is 15.6. The van der Waals surface area contributed by atoms with Crippen LogP contribution in [0.4, 0.5) is 11.4 Å². The van der Waals surface area contributed by atoms with Gasteiger partial charge < -0.3 is 15.7 Å². The molecule has 1 aromatic carbocycles. The Hall–Kier alpha value is -2.15. The molecule has 1 aromatic rings. The summed E-state index contributed by atoms with van der Waals surface area (Å²) in [5.41, 5.74) is 5.06. The van der Waals surface area contributed by atoms with Crippen molar-refractivity contribution in [1.29, 1.82) is 0 Å². The van der Waals surface area contributed by atoms with Crippen LogP contribution >= 0.6 is 0 Å². The fourth-order valence-corrected chi connectivity index (χ4v) is 2.59. The number of amides is 1. The van der Waals surface area contributed by atoms with Crippen molar-refractivity contribution in [3.05, 3.63) is 33.9 Å². The van der Waals surface area contributed by atoms with Crippen molar-refractivity contribution >= 4 is 17.3 Å². The van der Waals surface area contributed by atoms with Gasteiger partial charge in [-0.3, -0.25) is 14.9 Å². The van der Waals surface area contributed by atoms with Gasteiger partial charge in [0.25, 0.3) is 5.69 Å². The molecule has 1 aliphatic heterocycles. The van der Waals surface area contributed by atoms with Crippen LogP contribution in [0.2, 0.25) is 0 Å². The number of carbonyl (C=O) groups excluding carboxylic acids is 1. The third kappa shape index (κ3) is 3.49. The average Bonchev–Trinajstić information content (AvgIpc) is 2.58. The van der Waals surface area contributed by atoms with Crippen LogP contribution in [-0.4, -0.2) is 34.6 Å². The quantitative estimate of drug-likeness (QED) is 0.647. The SMILES string of the molecule is CC1(O)CCCN(c2cc(C(N)=O)ccc2[N+](=O)[O-])CC1. The molecule has 0 bridgehead atoms. The van der Waals surface area contributed by atoms with Gasteiger partial charge in [-0.25, -0.2) is 0 Å². The van der Waals surface area contributed by atoms with Gasteiger partial charge in [-0.1, -0.05) is 0 Å². The van der Waals surface area contributed by atoms with E-state index in [0.29, 0.717) is 31.6 Å². The van der Waals surface area contributed by atoms with Gasteiger partial charge in [-0.2, -0.15) is 0 Å². The molecule has 1 fully saturated rings. The van der Waals surface area contributed by atoms with E-state index >= 15 is 0 Å². The molecule has 1 atom stereocenters. The molecular formula is C14H19N3O4. The molecule has 7 heteroatoms. The zero-order valence-electron chi connectivity index (χ0n) is 11.9. The lowest BCUT2D eigenvalue weighted by atomic mass is 9.98. The van der Waals surface area contributed by atoms with Gasteiger partial charge in [-0.15, -0.1) is 0 Å². The second kappa shape index (κ2) is 5.69. The number of nitro groups is 1. The number of aliphatic hydroxyl groups is 1. The average molecular weight is 293 g/mol. The highest BCUT2D eigenvalue weighted by atomic mass is 16.6. The Kier molecular flexibility index (Phi) is 4.13. The molecule has 7 nitrogen and oxygen atoms in total. The molecule has 0 spiro atoms. The predicted octanol–water partition coefficient (Wildman–Crippen LogP) is 1.43. The maximum Gasteiger partial charge on any atom is 0.292 e. The summed E-state index contributed by atoms with van der Waals surface area (Å²) in [7, 11) is 0. The smallest absolute Gasteiger partial charge is 0.292 e. The van der Waals surface area contributed by atoms with Crippen LogP contribution < -0.4 is 10.6 Å². The largest absolute Gasteiger partial charge is 0.390 e. The minimum absolute atomic E-state index is 0.0541. The third-order valence-electron chi connectivity index (χ3n) is 3.86. The molecule has 1 saturated heterocycles. The highest BCUT2D eigenvalue weighted by Crippen LogP contribution is 2.32. The molecule has 0 aliphatic carbocycles. The minimum atomic E-state index is -0.759. The first-order chi connectivity index (χ1) is 9.80. The molecular weight excluding hydrogens is 274 g/mol. The minimum Gasteiger partial charge on any atom is -0.390 e. The maximum absolute atomic E-state index is 11.3. The van der Waals surface area contributed by atoms with Gasteiger partial charge in [-0.05, 0) is 38.3 Å². The van der Waals surface area contributed by atoms with Crippen LogP contribution in [0.5, 0.6) is 0 Å². The van der Waals surface area contributed by atoms with Gasteiger partial charge >= 0.3 is 0 Å². The number of nitrogens with two attached hydrogens (primary N) is 1. The highest BCUT2D eigenvalue weighted by Gasteiger charge is 2.28. The van der Waals surface area contributed by atoms with Crippen LogP contribution in [0, 0.1) is 10.1 Å². The van der Waals surface area contributed by atoms with Crippen molar-refractivity contribution in [3.8, 4) is 0 Å². The van der Waals surface area contributed by atoms with E-state index in [1.165, 1.54) is 18.2 Å². The summed E-state index contributed by atoms with van der Waals surface area (Å²) in [5.74, 6) is -0.618. The molecule has 1 amide bonds. The molecule has 1 unspecified atom stereocenters. The van der Waals surface area contributed by atoms with Gasteiger partial charge in [0.15, 0.2) is 0 Å². The van der Waals surface area contributed by atoms with E-state index in [4.69, 9.17) is 5.73 Å². The molecule has 0 saturated carbocycles.